The molecule has 2 aromatic rings. The first kappa shape index (κ1) is 13.3. The van der Waals surface area contributed by atoms with Crippen LogP contribution in [0.1, 0.15) is 23.2 Å². The molecule has 0 radical (unpaired) electrons. The van der Waals surface area contributed by atoms with E-state index < -0.39 is 0 Å². The van der Waals surface area contributed by atoms with Gasteiger partial charge in [0.05, 0.1) is 11.7 Å². The molecule has 0 bridgehead atoms. The van der Waals surface area contributed by atoms with Crippen molar-refractivity contribution in [2.75, 3.05) is 13.1 Å². The van der Waals surface area contributed by atoms with Crippen LogP contribution in [0.5, 0.6) is 0 Å². The van der Waals surface area contributed by atoms with Gasteiger partial charge in [-0.05, 0) is 24.5 Å². The minimum Gasteiger partial charge on any atom is -0.391 e. The van der Waals surface area contributed by atoms with E-state index in [0.717, 1.165) is 35.4 Å². The number of aliphatic hydroxyl groups excluding tert-OH is 1. The predicted octanol–water partition coefficient (Wildman–Crippen LogP) is 3.01. The van der Waals surface area contributed by atoms with E-state index in [1.807, 2.05) is 41.8 Å². The maximum Gasteiger partial charge on any atom is 0.254 e. The number of amides is 1. The van der Waals surface area contributed by atoms with Crippen LogP contribution in [-0.2, 0) is 0 Å². The molecule has 1 aliphatic heterocycles. The Bertz CT molecular complexity index is 594. The van der Waals surface area contributed by atoms with E-state index in [9.17, 15) is 9.90 Å². The Hall–Kier alpha value is -1.65. The zero-order chi connectivity index (χ0) is 13.9. The lowest BCUT2D eigenvalue weighted by atomic mass is 10.1. The number of aliphatic hydroxyl groups is 1. The highest BCUT2D eigenvalue weighted by Crippen LogP contribution is 2.28. The summed E-state index contributed by atoms with van der Waals surface area (Å²) in [6.07, 6.45) is 1.30. The summed E-state index contributed by atoms with van der Waals surface area (Å²) < 4.78 is 0. The Balaban J connectivity index is 1.78. The molecule has 1 atom stereocenters. The van der Waals surface area contributed by atoms with Crippen LogP contribution in [0.2, 0.25) is 0 Å². The number of likely N-dealkylation sites (tertiary alicyclic amines) is 1. The van der Waals surface area contributed by atoms with E-state index in [4.69, 9.17) is 0 Å². The van der Waals surface area contributed by atoms with Crippen molar-refractivity contribution in [3.8, 4) is 10.4 Å². The fourth-order valence-electron chi connectivity index (χ4n) is 2.52. The Morgan fingerprint density at radius 1 is 1.30 bits per heavy atom. The van der Waals surface area contributed by atoms with Crippen LogP contribution >= 0.6 is 11.3 Å². The minimum absolute atomic E-state index is 0.0298. The summed E-state index contributed by atoms with van der Waals surface area (Å²) in [6, 6.07) is 12.0. The molecule has 1 aromatic carbocycles. The first-order chi connectivity index (χ1) is 9.74. The van der Waals surface area contributed by atoms with E-state index >= 15 is 0 Å². The van der Waals surface area contributed by atoms with Gasteiger partial charge in [0.1, 0.15) is 0 Å². The molecule has 1 fully saturated rings. The second kappa shape index (κ2) is 5.77. The normalized spacial score (nSPS) is 19.1. The highest BCUT2D eigenvalue weighted by molar-refractivity contribution is 7.13. The lowest BCUT2D eigenvalue weighted by Crippen LogP contribution is -2.42. The summed E-state index contributed by atoms with van der Waals surface area (Å²) in [4.78, 5) is 15.3. The summed E-state index contributed by atoms with van der Waals surface area (Å²) in [7, 11) is 0. The van der Waals surface area contributed by atoms with Crippen molar-refractivity contribution in [2.24, 2.45) is 0 Å². The van der Waals surface area contributed by atoms with Crippen molar-refractivity contribution >= 4 is 17.2 Å². The number of nitrogens with zero attached hydrogens (tertiary/aromatic N) is 1. The Labute approximate surface area is 122 Å². The van der Waals surface area contributed by atoms with Gasteiger partial charge >= 0.3 is 0 Å². The summed E-state index contributed by atoms with van der Waals surface area (Å²) in [5.74, 6) is 0.0298. The van der Waals surface area contributed by atoms with Gasteiger partial charge < -0.3 is 10.0 Å². The average molecular weight is 287 g/mol. The molecule has 3 nitrogen and oxygen atoms in total. The lowest BCUT2D eigenvalue weighted by molar-refractivity contribution is 0.0474. The van der Waals surface area contributed by atoms with Crippen LogP contribution in [-0.4, -0.2) is 35.1 Å². The van der Waals surface area contributed by atoms with Crippen LogP contribution in [0.15, 0.2) is 41.8 Å². The predicted molar refractivity (Wildman–Crippen MR) is 80.9 cm³/mol. The van der Waals surface area contributed by atoms with Gasteiger partial charge in [-0.2, -0.15) is 0 Å². The first-order valence-electron chi connectivity index (χ1n) is 6.85. The zero-order valence-corrected chi connectivity index (χ0v) is 12.0. The fraction of sp³-hybridized carbons (Fsp3) is 0.312. The van der Waals surface area contributed by atoms with Crippen molar-refractivity contribution < 1.29 is 9.90 Å². The second-order valence-electron chi connectivity index (χ2n) is 5.11. The molecule has 1 aromatic heterocycles. The molecule has 1 aliphatic rings. The molecule has 0 saturated carbocycles. The van der Waals surface area contributed by atoms with Gasteiger partial charge in [0.15, 0.2) is 0 Å². The maximum atomic E-state index is 12.4. The van der Waals surface area contributed by atoms with Gasteiger partial charge in [0.25, 0.3) is 5.91 Å². The molecule has 20 heavy (non-hydrogen) atoms. The van der Waals surface area contributed by atoms with Gasteiger partial charge in [0.2, 0.25) is 0 Å². The van der Waals surface area contributed by atoms with Crippen LogP contribution in [0.25, 0.3) is 10.4 Å². The van der Waals surface area contributed by atoms with Crippen molar-refractivity contribution in [3.63, 3.8) is 0 Å². The Morgan fingerprint density at radius 3 is 2.85 bits per heavy atom. The van der Waals surface area contributed by atoms with E-state index in [2.05, 4.69) is 0 Å². The number of hydrogen-bond acceptors (Lipinski definition) is 3. The molecule has 1 N–H and O–H groups in total. The molecule has 4 heteroatoms. The van der Waals surface area contributed by atoms with Crippen LogP contribution in [0.4, 0.5) is 0 Å². The summed E-state index contributed by atoms with van der Waals surface area (Å²) >= 11 is 1.59. The van der Waals surface area contributed by atoms with Crippen LogP contribution in [0, 0.1) is 0 Å². The standard InChI is InChI=1S/C16H17NO2S/c18-14-7-4-8-17(10-14)16(19)13-9-15(20-11-13)12-5-2-1-3-6-12/h1-3,5-6,9,11,14,18H,4,7-8,10H2/t14-/m1/s1. The van der Waals surface area contributed by atoms with Crippen LogP contribution < -0.4 is 0 Å². The molecule has 0 aliphatic carbocycles. The largest absolute Gasteiger partial charge is 0.391 e. The topological polar surface area (TPSA) is 40.5 Å². The quantitative estimate of drug-likeness (QED) is 0.922. The average Bonchev–Trinajstić information content (AvgIpc) is 2.97. The van der Waals surface area contributed by atoms with Crippen molar-refractivity contribution in [3.05, 3.63) is 47.3 Å². The van der Waals surface area contributed by atoms with E-state index in [-0.39, 0.29) is 12.0 Å². The molecular formula is C16H17NO2S. The van der Waals surface area contributed by atoms with Gasteiger partial charge in [-0.3, -0.25) is 4.79 Å². The summed E-state index contributed by atoms with van der Waals surface area (Å²) in [6.45, 7) is 1.20. The summed E-state index contributed by atoms with van der Waals surface area (Å²) in [5.41, 5.74) is 1.86. The highest BCUT2D eigenvalue weighted by atomic mass is 32.1. The number of benzene rings is 1. The maximum absolute atomic E-state index is 12.4. The van der Waals surface area contributed by atoms with Gasteiger partial charge in [-0.25, -0.2) is 0 Å². The molecular weight excluding hydrogens is 270 g/mol. The van der Waals surface area contributed by atoms with Gasteiger partial charge in [0, 0.05) is 23.3 Å². The van der Waals surface area contributed by atoms with Gasteiger partial charge in [-0.15, -0.1) is 11.3 Å². The highest BCUT2D eigenvalue weighted by Gasteiger charge is 2.23. The monoisotopic (exact) mass is 287 g/mol. The van der Waals surface area contributed by atoms with Crippen molar-refractivity contribution in [1.29, 1.82) is 0 Å². The second-order valence-corrected chi connectivity index (χ2v) is 6.02. The third-order valence-electron chi connectivity index (χ3n) is 3.59. The Morgan fingerprint density at radius 2 is 2.10 bits per heavy atom. The van der Waals surface area contributed by atoms with E-state index in [0.29, 0.717) is 6.54 Å². The third kappa shape index (κ3) is 2.76. The number of β-amino-alcohol motifs (C(OH)–C–C–N with tert-alkyl or cyclic N) is 1. The minimum atomic E-state index is -0.375. The summed E-state index contributed by atoms with van der Waals surface area (Å²) in [5, 5.41) is 11.6. The molecule has 3 rings (SSSR count). The number of hydrogen-bond donors (Lipinski definition) is 1. The lowest BCUT2D eigenvalue weighted by Gasteiger charge is -2.29. The molecule has 104 valence electrons. The fourth-order valence-corrected chi connectivity index (χ4v) is 3.41. The van der Waals surface area contributed by atoms with Crippen LogP contribution in [0.3, 0.4) is 0 Å². The number of carbonyl (C=O) groups excluding carboxylic acids is 1. The molecule has 0 unspecified atom stereocenters. The molecule has 0 spiro atoms. The van der Waals surface area contributed by atoms with E-state index in [1.54, 1.807) is 16.2 Å². The Kier molecular flexibility index (Phi) is 3.85. The zero-order valence-electron chi connectivity index (χ0n) is 11.2. The number of piperidine rings is 1. The number of carbonyl (C=O) groups is 1. The number of thiophene rings is 1. The molecule has 2 heterocycles. The van der Waals surface area contributed by atoms with Gasteiger partial charge in [-0.1, -0.05) is 30.3 Å². The third-order valence-corrected chi connectivity index (χ3v) is 4.57. The molecule has 1 amide bonds. The number of rotatable bonds is 2. The first-order valence-corrected chi connectivity index (χ1v) is 7.73. The smallest absolute Gasteiger partial charge is 0.254 e. The van der Waals surface area contributed by atoms with E-state index in [1.165, 1.54) is 0 Å². The molecule has 1 saturated heterocycles. The van der Waals surface area contributed by atoms with Crippen molar-refractivity contribution in [1.82, 2.24) is 4.90 Å². The van der Waals surface area contributed by atoms with Crippen molar-refractivity contribution in [2.45, 2.75) is 18.9 Å². The SMILES string of the molecule is O=C(c1csc(-c2ccccc2)c1)N1CCC[C@@H](O)C1.